The van der Waals surface area contributed by atoms with E-state index >= 15 is 0 Å². The number of carboxylic acid groups (broad SMARTS) is 1. The Morgan fingerprint density at radius 1 is 1.55 bits per heavy atom. The maximum atomic E-state index is 11.9. The molecule has 0 radical (unpaired) electrons. The summed E-state index contributed by atoms with van der Waals surface area (Å²) in [4.78, 5) is 29.8. The number of aryl methyl sites for hydroxylation is 1. The van der Waals surface area contributed by atoms with Crippen LogP contribution in [-0.4, -0.2) is 36.9 Å². The Kier molecular flexibility index (Phi) is 3.73. The fourth-order valence-corrected chi connectivity index (χ4v) is 1.96. The van der Waals surface area contributed by atoms with Gasteiger partial charge in [-0.2, -0.15) is 10.1 Å². The fraction of sp³-hybridized carbons (Fsp3) is 0.500. The first-order chi connectivity index (χ1) is 9.38. The van der Waals surface area contributed by atoms with E-state index in [4.69, 9.17) is 0 Å². The molecule has 0 saturated heterocycles. The number of rotatable bonds is 5. The highest BCUT2D eigenvalue weighted by Crippen LogP contribution is 2.11. The van der Waals surface area contributed by atoms with Crippen molar-refractivity contribution in [3.8, 4) is 0 Å². The molecule has 2 rings (SSSR count). The van der Waals surface area contributed by atoms with Crippen LogP contribution < -0.4 is 10.9 Å². The monoisotopic (exact) mass is 279 g/mol. The standard InChI is InChI=1S/C12H17N5O3/c1-6(2)4-8(11(19)20)14-12-15-9-7(10(18)16-12)5-13-17(9)3/h5-6,8H,4H2,1-3H3,(H,19,20)(H2,14,15,16,18)/t8-/m1/s1. The third kappa shape index (κ3) is 2.79. The molecule has 0 amide bonds. The molecule has 0 aliphatic carbocycles. The molecule has 0 spiro atoms. The Balaban J connectivity index is 2.35. The van der Waals surface area contributed by atoms with Gasteiger partial charge in [0.25, 0.3) is 5.56 Å². The van der Waals surface area contributed by atoms with Crippen LogP contribution in [0.1, 0.15) is 20.3 Å². The molecule has 3 N–H and O–H groups in total. The van der Waals surface area contributed by atoms with Crippen LogP contribution in [0, 0.1) is 5.92 Å². The number of carboxylic acids is 1. The van der Waals surface area contributed by atoms with Gasteiger partial charge in [0.1, 0.15) is 11.4 Å². The summed E-state index contributed by atoms with van der Waals surface area (Å²) in [5, 5.41) is 16.3. The van der Waals surface area contributed by atoms with Crippen molar-refractivity contribution < 1.29 is 9.90 Å². The Morgan fingerprint density at radius 3 is 2.85 bits per heavy atom. The number of anilines is 1. The van der Waals surface area contributed by atoms with Crippen molar-refractivity contribution in [2.45, 2.75) is 26.3 Å². The van der Waals surface area contributed by atoms with E-state index in [1.165, 1.54) is 10.9 Å². The molecule has 0 fully saturated rings. The second-order valence-corrected chi connectivity index (χ2v) is 5.08. The number of nitrogens with one attached hydrogen (secondary N) is 2. The van der Waals surface area contributed by atoms with E-state index in [-0.39, 0.29) is 17.4 Å². The Labute approximate surface area is 114 Å². The second kappa shape index (κ2) is 5.32. The zero-order valence-corrected chi connectivity index (χ0v) is 11.5. The highest BCUT2D eigenvalue weighted by Gasteiger charge is 2.20. The van der Waals surface area contributed by atoms with Gasteiger partial charge in [-0.05, 0) is 12.3 Å². The summed E-state index contributed by atoms with van der Waals surface area (Å²) >= 11 is 0. The topological polar surface area (TPSA) is 113 Å². The number of aromatic nitrogens is 4. The number of carbonyl (C=O) groups is 1. The highest BCUT2D eigenvalue weighted by atomic mass is 16.4. The van der Waals surface area contributed by atoms with Gasteiger partial charge in [0.2, 0.25) is 5.95 Å². The van der Waals surface area contributed by atoms with Gasteiger partial charge in [-0.3, -0.25) is 14.5 Å². The van der Waals surface area contributed by atoms with Crippen LogP contribution in [0.15, 0.2) is 11.0 Å². The van der Waals surface area contributed by atoms with Crippen molar-refractivity contribution in [1.82, 2.24) is 19.7 Å². The van der Waals surface area contributed by atoms with E-state index in [2.05, 4.69) is 20.4 Å². The number of hydrogen-bond donors (Lipinski definition) is 3. The number of nitrogens with zero attached hydrogens (tertiary/aromatic N) is 3. The SMILES string of the molecule is CC(C)C[C@@H](Nc1nc2c(cnn2C)c(=O)[nH]1)C(=O)O. The fourth-order valence-electron chi connectivity index (χ4n) is 1.96. The van der Waals surface area contributed by atoms with Crippen molar-refractivity contribution in [2.24, 2.45) is 13.0 Å². The van der Waals surface area contributed by atoms with Crippen molar-refractivity contribution >= 4 is 23.0 Å². The molecule has 0 aromatic carbocycles. The first-order valence-corrected chi connectivity index (χ1v) is 6.30. The molecule has 0 aliphatic heterocycles. The average molecular weight is 279 g/mol. The van der Waals surface area contributed by atoms with E-state index in [0.29, 0.717) is 17.5 Å². The lowest BCUT2D eigenvalue weighted by molar-refractivity contribution is -0.138. The lowest BCUT2D eigenvalue weighted by Gasteiger charge is -2.16. The minimum atomic E-state index is -0.980. The molecule has 0 aliphatic rings. The Hall–Kier alpha value is -2.38. The van der Waals surface area contributed by atoms with E-state index in [1.807, 2.05) is 13.8 Å². The molecule has 20 heavy (non-hydrogen) atoms. The maximum Gasteiger partial charge on any atom is 0.326 e. The third-order valence-electron chi connectivity index (χ3n) is 2.92. The van der Waals surface area contributed by atoms with Gasteiger partial charge < -0.3 is 10.4 Å². The molecule has 2 aromatic heterocycles. The summed E-state index contributed by atoms with van der Waals surface area (Å²) < 4.78 is 1.47. The lowest BCUT2D eigenvalue weighted by atomic mass is 10.0. The number of aromatic amines is 1. The van der Waals surface area contributed by atoms with E-state index in [1.54, 1.807) is 7.05 Å². The van der Waals surface area contributed by atoms with Crippen LogP contribution in [0.3, 0.4) is 0 Å². The second-order valence-electron chi connectivity index (χ2n) is 5.08. The highest BCUT2D eigenvalue weighted by molar-refractivity contribution is 5.78. The van der Waals surface area contributed by atoms with Crippen LogP contribution in [0.5, 0.6) is 0 Å². The number of fused-ring (bicyclic) bond motifs is 1. The van der Waals surface area contributed by atoms with Crippen LogP contribution in [0.4, 0.5) is 5.95 Å². The van der Waals surface area contributed by atoms with Gasteiger partial charge in [-0.25, -0.2) is 4.79 Å². The van der Waals surface area contributed by atoms with Gasteiger partial charge >= 0.3 is 5.97 Å². The predicted octanol–water partition coefficient (Wildman–Crippen LogP) is 0.568. The molecule has 8 nitrogen and oxygen atoms in total. The molecule has 0 bridgehead atoms. The van der Waals surface area contributed by atoms with Gasteiger partial charge in [0, 0.05) is 7.05 Å². The summed E-state index contributed by atoms with van der Waals surface area (Å²) in [6.45, 7) is 3.86. The summed E-state index contributed by atoms with van der Waals surface area (Å²) in [6.07, 6.45) is 1.86. The molecular weight excluding hydrogens is 262 g/mol. The van der Waals surface area contributed by atoms with Crippen LogP contribution in [0.25, 0.3) is 11.0 Å². The average Bonchev–Trinajstić information content (AvgIpc) is 2.70. The van der Waals surface area contributed by atoms with Gasteiger partial charge in [-0.15, -0.1) is 0 Å². The van der Waals surface area contributed by atoms with Crippen molar-refractivity contribution in [3.63, 3.8) is 0 Å². The smallest absolute Gasteiger partial charge is 0.326 e. The quantitative estimate of drug-likeness (QED) is 0.737. The number of hydrogen-bond acceptors (Lipinski definition) is 5. The summed E-state index contributed by atoms with van der Waals surface area (Å²) in [5.41, 5.74) is 0.0595. The van der Waals surface area contributed by atoms with E-state index in [9.17, 15) is 14.7 Å². The molecule has 0 unspecified atom stereocenters. The summed E-state index contributed by atoms with van der Waals surface area (Å²) in [7, 11) is 1.67. The molecular formula is C12H17N5O3. The Bertz CT molecular complexity index is 688. The number of aliphatic carboxylic acids is 1. The van der Waals surface area contributed by atoms with Crippen LogP contribution >= 0.6 is 0 Å². The molecule has 2 heterocycles. The normalized spacial score (nSPS) is 12.8. The van der Waals surface area contributed by atoms with Crippen LogP contribution in [0.2, 0.25) is 0 Å². The minimum Gasteiger partial charge on any atom is -0.480 e. The minimum absolute atomic E-state index is 0.138. The predicted molar refractivity (Wildman–Crippen MR) is 73.6 cm³/mol. The molecule has 1 atom stereocenters. The summed E-state index contributed by atoms with van der Waals surface area (Å²) in [6, 6.07) is -0.802. The maximum absolute atomic E-state index is 11.9. The zero-order valence-electron chi connectivity index (χ0n) is 11.5. The van der Waals surface area contributed by atoms with Gasteiger partial charge in [-0.1, -0.05) is 13.8 Å². The van der Waals surface area contributed by atoms with Crippen LogP contribution in [-0.2, 0) is 11.8 Å². The van der Waals surface area contributed by atoms with Gasteiger partial charge in [0.05, 0.1) is 6.20 Å². The zero-order chi connectivity index (χ0) is 14.9. The molecule has 0 saturated carbocycles. The molecule has 2 aromatic rings. The summed E-state index contributed by atoms with van der Waals surface area (Å²) in [5.74, 6) is -0.638. The molecule has 8 heteroatoms. The van der Waals surface area contributed by atoms with Gasteiger partial charge in [0.15, 0.2) is 5.65 Å². The van der Waals surface area contributed by atoms with Crippen molar-refractivity contribution in [1.29, 1.82) is 0 Å². The largest absolute Gasteiger partial charge is 0.480 e. The van der Waals surface area contributed by atoms with Crippen molar-refractivity contribution in [2.75, 3.05) is 5.32 Å². The first kappa shape index (κ1) is 14.0. The van der Waals surface area contributed by atoms with E-state index in [0.717, 1.165) is 0 Å². The first-order valence-electron chi connectivity index (χ1n) is 6.30. The van der Waals surface area contributed by atoms with E-state index < -0.39 is 12.0 Å². The van der Waals surface area contributed by atoms with Crippen molar-refractivity contribution in [3.05, 3.63) is 16.6 Å². The third-order valence-corrected chi connectivity index (χ3v) is 2.92. The number of H-pyrrole nitrogens is 1. The lowest BCUT2D eigenvalue weighted by Crippen LogP contribution is -2.32. The Morgan fingerprint density at radius 2 is 2.25 bits per heavy atom. The molecule has 108 valence electrons.